The number of rotatable bonds is 4. The van der Waals surface area contributed by atoms with Crippen LogP contribution in [0.25, 0.3) is 11.1 Å². The van der Waals surface area contributed by atoms with E-state index in [0.717, 1.165) is 16.9 Å². The summed E-state index contributed by atoms with van der Waals surface area (Å²) < 4.78 is 10.9. The first-order chi connectivity index (χ1) is 11.2. The molecule has 0 atom stereocenters. The van der Waals surface area contributed by atoms with E-state index < -0.39 is 6.09 Å². The normalized spacial score (nSPS) is 10.1. The molecule has 0 bridgehead atoms. The van der Waals surface area contributed by atoms with Gasteiger partial charge < -0.3 is 15.2 Å². The monoisotopic (exact) mass is 305 g/mol. The van der Waals surface area contributed by atoms with Gasteiger partial charge in [0.1, 0.15) is 17.2 Å². The standard InChI is InChI=1S/C19H15NO3/c20-19(21)23-18-12-11-16(22-15-9-5-2-6-10-15)13-17(18)14-7-3-1-4-8-14/h1-13H,(H2,20,21). The van der Waals surface area contributed by atoms with Crippen LogP contribution in [-0.4, -0.2) is 6.09 Å². The smallest absolute Gasteiger partial charge is 0.409 e. The molecule has 0 spiro atoms. The van der Waals surface area contributed by atoms with E-state index in [4.69, 9.17) is 15.2 Å². The molecule has 4 nitrogen and oxygen atoms in total. The van der Waals surface area contributed by atoms with Crippen LogP contribution in [0.3, 0.4) is 0 Å². The molecule has 2 N–H and O–H groups in total. The number of amides is 1. The van der Waals surface area contributed by atoms with Gasteiger partial charge in [-0.2, -0.15) is 0 Å². The van der Waals surface area contributed by atoms with Gasteiger partial charge in [-0.05, 0) is 35.9 Å². The number of hydrogen-bond donors (Lipinski definition) is 1. The van der Waals surface area contributed by atoms with Crippen LogP contribution in [0.5, 0.6) is 17.2 Å². The molecule has 0 saturated carbocycles. The average molecular weight is 305 g/mol. The van der Waals surface area contributed by atoms with E-state index in [0.29, 0.717) is 11.5 Å². The Balaban J connectivity index is 1.99. The zero-order chi connectivity index (χ0) is 16.1. The summed E-state index contributed by atoms with van der Waals surface area (Å²) in [5, 5.41) is 0. The van der Waals surface area contributed by atoms with E-state index in [1.54, 1.807) is 12.1 Å². The second-order valence-electron chi connectivity index (χ2n) is 4.86. The minimum Gasteiger partial charge on any atom is -0.457 e. The molecule has 0 aliphatic rings. The van der Waals surface area contributed by atoms with Gasteiger partial charge in [-0.25, -0.2) is 4.79 Å². The molecule has 0 aliphatic carbocycles. The lowest BCUT2D eigenvalue weighted by atomic mass is 10.0. The van der Waals surface area contributed by atoms with Crippen LogP contribution in [0.4, 0.5) is 4.79 Å². The van der Waals surface area contributed by atoms with Crippen molar-refractivity contribution < 1.29 is 14.3 Å². The van der Waals surface area contributed by atoms with E-state index in [-0.39, 0.29) is 0 Å². The molecule has 3 aromatic carbocycles. The molecule has 0 radical (unpaired) electrons. The van der Waals surface area contributed by atoms with Crippen LogP contribution in [0.1, 0.15) is 0 Å². The summed E-state index contributed by atoms with van der Waals surface area (Å²) in [6.07, 6.45) is -0.848. The van der Waals surface area contributed by atoms with Crippen LogP contribution >= 0.6 is 0 Å². The Hall–Kier alpha value is -3.27. The molecule has 23 heavy (non-hydrogen) atoms. The van der Waals surface area contributed by atoms with Crippen LogP contribution in [0.2, 0.25) is 0 Å². The van der Waals surface area contributed by atoms with E-state index in [2.05, 4.69) is 0 Å². The van der Waals surface area contributed by atoms with Gasteiger partial charge in [0.25, 0.3) is 0 Å². The Morgan fingerprint density at radius 2 is 1.43 bits per heavy atom. The molecule has 114 valence electrons. The number of carbonyl (C=O) groups is 1. The number of nitrogens with two attached hydrogens (primary N) is 1. The van der Waals surface area contributed by atoms with Gasteiger partial charge in [0.15, 0.2) is 0 Å². The molecule has 1 amide bonds. The van der Waals surface area contributed by atoms with Crippen molar-refractivity contribution in [1.29, 1.82) is 0 Å². The lowest BCUT2D eigenvalue weighted by Crippen LogP contribution is -2.16. The predicted molar refractivity (Wildman–Crippen MR) is 88.6 cm³/mol. The Bertz CT molecular complexity index is 801. The maximum atomic E-state index is 11.1. The van der Waals surface area contributed by atoms with Crippen LogP contribution in [0.15, 0.2) is 78.9 Å². The number of primary amides is 1. The van der Waals surface area contributed by atoms with Crippen molar-refractivity contribution in [2.75, 3.05) is 0 Å². The second kappa shape index (κ2) is 6.66. The van der Waals surface area contributed by atoms with E-state index in [9.17, 15) is 4.79 Å². The molecule has 4 heteroatoms. The molecular weight excluding hydrogens is 290 g/mol. The molecule has 0 unspecified atom stereocenters. The third kappa shape index (κ3) is 3.68. The predicted octanol–water partition coefficient (Wildman–Crippen LogP) is 4.60. The highest BCUT2D eigenvalue weighted by Crippen LogP contribution is 2.35. The molecule has 0 aromatic heterocycles. The Morgan fingerprint density at radius 3 is 2.09 bits per heavy atom. The fourth-order valence-electron chi connectivity index (χ4n) is 2.24. The third-order valence-corrected chi connectivity index (χ3v) is 3.23. The fraction of sp³-hybridized carbons (Fsp3) is 0. The quantitative estimate of drug-likeness (QED) is 0.766. The third-order valence-electron chi connectivity index (χ3n) is 3.23. The van der Waals surface area contributed by atoms with Crippen molar-refractivity contribution in [3.63, 3.8) is 0 Å². The highest BCUT2D eigenvalue weighted by Gasteiger charge is 2.11. The zero-order valence-electron chi connectivity index (χ0n) is 12.3. The van der Waals surface area contributed by atoms with E-state index >= 15 is 0 Å². The van der Waals surface area contributed by atoms with Crippen molar-refractivity contribution in [2.45, 2.75) is 0 Å². The summed E-state index contributed by atoms with van der Waals surface area (Å²) in [7, 11) is 0. The SMILES string of the molecule is NC(=O)Oc1ccc(Oc2ccccc2)cc1-c1ccccc1. The van der Waals surface area contributed by atoms with Gasteiger partial charge >= 0.3 is 6.09 Å². The van der Waals surface area contributed by atoms with Gasteiger partial charge in [0.05, 0.1) is 0 Å². The Labute approximate surface area is 134 Å². The second-order valence-corrected chi connectivity index (χ2v) is 4.86. The van der Waals surface area contributed by atoms with E-state index in [1.165, 1.54) is 0 Å². The number of para-hydroxylation sites is 1. The average Bonchev–Trinajstić information content (AvgIpc) is 2.57. The summed E-state index contributed by atoms with van der Waals surface area (Å²) in [5.41, 5.74) is 6.78. The first-order valence-corrected chi connectivity index (χ1v) is 7.12. The summed E-state index contributed by atoms with van der Waals surface area (Å²) >= 11 is 0. The summed E-state index contributed by atoms with van der Waals surface area (Å²) in [4.78, 5) is 11.1. The molecule has 0 heterocycles. The minimum atomic E-state index is -0.848. The first-order valence-electron chi connectivity index (χ1n) is 7.12. The maximum Gasteiger partial charge on any atom is 0.409 e. The summed E-state index contributed by atoms with van der Waals surface area (Å²) in [5.74, 6) is 1.77. The highest BCUT2D eigenvalue weighted by atomic mass is 16.5. The largest absolute Gasteiger partial charge is 0.457 e. The van der Waals surface area contributed by atoms with Crippen LogP contribution in [0, 0.1) is 0 Å². The van der Waals surface area contributed by atoms with Gasteiger partial charge in [-0.15, -0.1) is 0 Å². The molecular formula is C19H15NO3. The summed E-state index contributed by atoms with van der Waals surface area (Å²) in [6, 6.07) is 24.3. The number of benzene rings is 3. The minimum absolute atomic E-state index is 0.393. The highest BCUT2D eigenvalue weighted by molar-refractivity contribution is 5.77. The van der Waals surface area contributed by atoms with Crippen molar-refractivity contribution in [1.82, 2.24) is 0 Å². The van der Waals surface area contributed by atoms with Gasteiger partial charge in [0.2, 0.25) is 0 Å². The topological polar surface area (TPSA) is 61.6 Å². The van der Waals surface area contributed by atoms with Crippen molar-refractivity contribution in [3.05, 3.63) is 78.9 Å². The first kappa shape index (κ1) is 14.7. The molecule has 3 aromatic rings. The van der Waals surface area contributed by atoms with Gasteiger partial charge in [0, 0.05) is 5.56 Å². The Kier molecular flexibility index (Phi) is 4.25. The van der Waals surface area contributed by atoms with Gasteiger partial charge in [-0.1, -0.05) is 48.5 Å². The Morgan fingerprint density at radius 1 is 0.783 bits per heavy atom. The number of carbonyl (C=O) groups excluding carboxylic acids is 1. The lowest BCUT2D eigenvalue weighted by Gasteiger charge is -2.12. The van der Waals surface area contributed by atoms with Crippen LogP contribution < -0.4 is 15.2 Å². The summed E-state index contributed by atoms with van der Waals surface area (Å²) in [6.45, 7) is 0. The molecule has 0 aliphatic heterocycles. The van der Waals surface area contributed by atoms with Crippen LogP contribution in [-0.2, 0) is 0 Å². The fourth-order valence-corrected chi connectivity index (χ4v) is 2.24. The number of ether oxygens (including phenoxy) is 2. The lowest BCUT2D eigenvalue weighted by molar-refractivity contribution is 0.211. The van der Waals surface area contributed by atoms with Crippen molar-refractivity contribution in [3.8, 4) is 28.4 Å². The van der Waals surface area contributed by atoms with Gasteiger partial charge in [-0.3, -0.25) is 0 Å². The molecule has 0 fully saturated rings. The van der Waals surface area contributed by atoms with E-state index in [1.807, 2.05) is 66.7 Å². The zero-order valence-corrected chi connectivity index (χ0v) is 12.3. The number of hydrogen-bond acceptors (Lipinski definition) is 3. The maximum absolute atomic E-state index is 11.1. The molecule has 3 rings (SSSR count). The molecule has 0 saturated heterocycles. The van der Waals surface area contributed by atoms with Crippen molar-refractivity contribution >= 4 is 6.09 Å². The van der Waals surface area contributed by atoms with Crippen molar-refractivity contribution in [2.24, 2.45) is 5.73 Å².